The summed E-state index contributed by atoms with van der Waals surface area (Å²) in [4.78, 5) is 22.9. The second kappa shape index (κ2) is 20.2. The third kappa shape index (κ3) is 16.0. The molecule has 5 nitrogen and oxygen atoms in total. The van der Waals surface area contributed by atoms with E-state index in [2.05, 4.69) is 48.5 Å². The number of ether oxygens (including phenoxy) is 1. The van der Waals surface area contributed by atoms with Crippen molar-refractivity contribution in [3.05, 3.63) is 64.7 Å². The number of rotatable bonds is 17. The van der Waals surface area contributed by atoms with Crippen molar-refractivity contribution in [1.29, 1.82) is 0 Å². The van der Waals surface area contributed by atoms with Gasteiger partial charge in [0, 0.05) is 11.1 Å². The first-order chi connectivity index (χ1) is 20.3. The van der Waals surface area contributed by atoms with Gasteiger partial charge in [-0.25, -0.2) is 9.59 Å². The van der Waals surface area contributed by atoms with E-state index in [0.717, 1.165) is 24.0 Å². The number of hydrogen-bond donors (Lipinski definition) is 2. The lowest BCUT2D eigenvalue weighted by atomic mass is 9.78. The topological polar surface area (TPSA) is 83.8 Å². The number of phenols is 1. The van der Waals surface area contributed by atoms with E-state index in [-0.39, 0.29) is 16.8 Å². The fraction of sp³-hybridized carbons (Fsp3) is 0.632. The molecule has 0 unspecified atom stereocenters. The average Bonchev–Trinajstić information content (AvgIpc) is 2.94. The average molecular weight is 597 g/mol. The van der Waals surface area contributed by atoms with Gasteiger partial charge < -0.3 is 14.9 Å². The van der Waals surface area contributed by atoms with Gasteiger partial charge in [-0.15, -0.1) is 0 Å². The normalized spacial score (nSPS) is 11.5. The van der Waals surface area contributed by atoms with Crippen LogP contribution in [0.4, 0.5) is 0 Å². The fourth-order valence-electron chi connectivity index (χ4n) is 5.02. The Hall–Kier alpha value is -2.82. The van der Waals surface area contributed by atoms with E-state index in [4.69, 9.17) is 9.84 Å². The van der Waals surface area contributed by atoms with Gasteiger partial charge in [0.15, 0.2) is 0 Å². The fourth-order valence-corrected chi connectivity index (χ4v) is 5.02. The summed E-state index contributed by atoms with van der Waals surface area (Å²) in [6.45, 7) is 15.1. The predicted octanol–water partition coefficient (Wildman–Crippen LogP) is 11.0. The van der Waals surface area contributed by atoms with Crippen LogP contribution in [0.5, 0.6) is 5.75 Å². The van der Waals surface area contributed by atoms with E-state index in [0.29, 0.717) is 23.5 Å². The molecule has 0 saturated heterocycles. The number of carbonyl (C=O) groups is 2. The third-order valence-corrected chi connectivity index (χ3v) is 7.71. The Kier molecular flexibility index (Phi) is 17.9. The first-order valence-electron chi connectivity index (χ1n) is 16.6. The molecule has 2 N–H and O–H groups in total. The minimum absolute atomic E-state index is 0.255. The molecular weight excluding hydrogens is 536 g/mol. The van der Waals surface area contributed by atoms with Gasteiger partial charge in [0.2, 0.25) is 0 Å². The molecule has 0 amide bonds. The number of aromatic hydroxyl groups is 1. The first kappa shape index (κ1) is 38.2. The molecule has 2 aromatic rings. The number of benzene rings is 2. The third-order valence-electron chi connectivity index (χ3n) is 7.71. The highest BCUT2D eigenvalue weighted by molar-refractivity contribution is 5.90. The van der Waals surface area contributed by atoms with Crippen LogP contribution in [0.2, 0.25) is 0 Å². The molecular formula is C38H60O5. The van der Waals surface area contributed by atoms with Gasteiger partial charge >= 0.3 is 11.9 Å². The van der Waals surface area contributed by atoms with Crippen LogP contribution in [0.25, 0.3) is 0 Å². The zero-order chi connectivity index (χ0) is 32.3. The lowest BCUT2D eigenvalue weighted by Crippen LogP contribution is -2.19. The van der Waals surface area contributed by atoms with Crippen LogP contribution in [-0.4, -0.2) is 28.8 Å². The maximum Gasteiger partial charge on any atom is 0.338 e. The van der Waals surface area contributed by atoms with Gasteiger partial charge in [-0.3, -0.25) is 0 Å². The standard InChI is InChI=1S/C31H54O3.C7H6O2/c1-8-9-10-11-12-13-14-15-16-17-18-19-20-21-22-34-29(33)25-23-26(30(2,3)4)28(32)27(24-25)31(5,6)7;8-7(9)6-4-2-1-3-5-6/h23-24,32H,8-22H2,1-7H3;1-5H,(H,8,9). The molecule has 43 heavy (non-hydrogen) atoms. The van der Waals surface area contributed by atoms with Crippen LogP contribution < -0.4 is 0 Å². The van der Waals surface area contributed by atoms with Crippen LogP contribution >= 0.6 is 0 Å². The quantitative estimate of drug-likeness (QED) is 0.140. The predicted molar refractivity (Wildman–Crippen MR) is 180 cm³/mol. The van der Waals surface area contributed by atoms with Gasteiger partial charge in [-0.2, -0.15) is 0 Å². The lowest BCUT2D eigenvalue weighted by Gasteiger charge is -2.28. The van der Waals surface area contributed by atoms with Gasteiger partial charge in [0.1, 0.15) is 5.75 Å². The molecule has 0 heterocycles. The zero-order valence-electron chi connectivity index (χ0n) is 28.3. The minimum atomic E-state index is -0.879. The van der Waals surface area contributed by atoms with Crippen LogP contribution in [-0.2, 0) is 15.6 Å². The highest BCUT2D eigenvalue weighted by Gasteiger charge is 2.28. The van der Waals surface area contributed by atoms with Crippen molar-refractivity contribution in [3.63, 3.8) is 0 Å². The Morgan fingerprint density at radius 1 is 0.628 bits per heavy atom. The van der Waals surface area contributed by atoms with E-state index in [1.807, 2.05) is 0 Å². The lowest BCUT2D eigenvalue weighted by molar-refractivity contribution is 0.0496. The number of carboxylic acid groups (broad SMARTS) is 1. The summed E-state index contributed by atoms with van der Waals surface area (Å²) in [7, 11) is 0. The van der Waals surface area contributed by atoms with Crippen molar-refractivity contribution in [3.8, 4) is 5.75 Å². The second-order valence-electron chi connectivity index (χ2n) is 13.8. The molecule has 0 aliphatic rings. The summed E-state index contributed by atoms with van der Waals surface area (Å²) in [5, 5.41) is 19.2. The molecule has 0 saturated carbocycles. The molecule has 242 valence electrons. The molecule has 5 heteroatoms. The van der Waals surface area contributed by atoms with E-state index >= 15 is 0 Å². The van der Waals surface area contributed by atoms with E-state index in [1.54, 1.807) is 42.5 Å². The maximum absolute atomic E-state index is 12.7. The van der Waals surface area contributed by atoms with Crippen LogP contribution in [0.3, 0.4) is 0 Å². The number of phenolic OH excluding ortho intramolecular Hbond substituents is 1. The van der Waals surface area contributed by atoms with Gasteiger partial charge in [-0.1, -0.05) is 150 Å². The molecule has 0 radical (unpaired) electrons. The van der Waals surface area contributed by atoms with Crippen molar-refractivity contribution in [2.24, 2.45) is 0 Å². The number of carbonyl (C=O) groups excluding carboxylic acids is 1. The molecule has 0 bridgehead atoms. The summed E-state index contributed by atoms with van der Waals surface area (Å²) in [5.74, 6) is -0.871. The Balaban J connectivity index is 0.000000869. The molecule has 0 atom stereocenters. The van der Waals surface area contributed by atoms with Gasteiger partial charge in [-0.05, 0) is 41.5 Å². The van der Waals surface area contributed by atoms with Gasteiger partial charge in [0.05, 0.1) is 17.7 Å². The van der Waals surface area contributed by atoms with E-state index < -0.39 is 5.97 Å². The molecule has 0 fully saturated rings. The second-order valence-corrected chi connectivity index (χ2v) is 13.8. The minimum Gasteiger partial charge on any atom is -0.507 e. The smallest absolute Gasteiger partial charge is 0.338 e. The van der Waals surface area contributed by atoms with Crippen LogP contribution in [0.15, 0.2) is 42.5 Å². The summed E-state index contributed by atoms with van der Waals surface area (Å²) < 4.78 is 5.59. The van der Waals surface area contributed by atoms with Crippen molar-refractivity contribution < 1.29 is 24.5 Å². The largest absolute Gasteiger partial charge is 0.507 e. The Bertz CT molecular complexity index is 1020. The summed E-state index contributed by atoms with van der Waals surface area (Å²) >= 11 is 0. The molecule has 0 aliphatic heterocycles. The van der Waals surface area contributed by atoms with Crippen molar-refractivity contribution >= 4 is 11.9 Å². The Morgan fingerprint density at radius 3 is 1.37 bits per heavy atom. The van der Waals surface area contributed by atoms with E-state index in [9.17, 15) is 14.7 Å². The van der Waals surface area contributed by atoms with Crippen LogP contribution in [0.1, 0.15) is 170 Å². The van der Waals surface area contributed by atoms with E-state index in [1.165, 1.54) is 77.0 Å². The number of aromatic carboxylic acids is 1. The Morgan fingerprint density at radius 2 is 1.02 bits per heavy atom. The molecule has 2 aromatic carbocycles. The highest BCUT2D eigenvalue weighted by Crippen LogP contribution is 2.39. The molecule has 0 aliphatic carbocycles. The molecule has 0 spiro atoms. The van der Waals surface area contributed by atoms with Crippen molar-refractivity contribution in [2.45, 2.75) is 149 Å². The Labute approximate surface area is 262 Å². The number of esters is 1. The summed E-state index contributed by atoms with van der Waals surface area (Å²) in [6, 6.07) is 11.9. The van der Waals surface area contributed by atoms with Crippen molar-refractivity contribution in [1.82, 2.24) is 0 Å². The number of carboxylic acids is 1. The maximum atomic E-state index is 12.7. The first-order valence-corrected chi connectivity index (χ1v) is 16.6. The summed E-state index contributed by atoms with van der Waals surface area (Å²) in [5.41, 5.74) is 1.95. The zero-order valence-corrected chi connectivity index (χ0v) is 28.3. The summed E-state index contributed by atoms with van der Waals surface area (Å²) in [6.07, 6.45) is 18.4. The number of unbranched alkanes of at least 4 members (excludes halogenated alkanes) is 13. The SMILES string of the molecule is CCCCCCCCCCCCCCCCOC(=O)c1cc(C(C)(C)C)c(O)c(C(C)(C)C)c1.O=C(O)c1ccccc1. The van der Waals surface area contributed by atoms with Gasteiger partial charge in [0.25, 0.3) is 0 Å². The molecule has 2 rings (SSSR count). The monoisotopic (exact) mass is 596 g/mol. The van der Waals surface area contributed by atoms with Crippen LogP contribution in [0, 0.1) is 0 Å². The molecule has 0 aromatic heterocycles. The highest BCUT2D eigenvalue weighted by atomic mass is 16.5. The number of hydrogen-bond acceptors (Lipinski definition) is 4. The van der Waals surface area contributed by atoms with Crippen molar-refractivity contribution in [2.75, 3.05) is 6.61 Å².